The number of rotatable bonds is 3. The third-order valence-corrected chi connectivity index (χ3v) is 9.76. The molecule has 4 fully saturated rings. The van der Waals surface area contributed by atoms with Crippen molar-refractivity contribution in [1.82, 2.24) is 0 Å². The van der Waals surface area contributed by atoms with Crippen LogP contribution in [0.3, 0.4) is 0 Å². The first-order valence-corrected chi connectivity index (χ1v) is 11.5. The molecule has 28 heavy (non-hydrogen) atoms. The van der Waals surface area contributed by atoms with E-state index < -0.39 is 5.60 Å². The van der Waals surface area contributed by atoms with Crippen LogP contribution in [0.15, 0.2) is 0 Å². The Labute approximate surface area is 169 Å². The average molecular weight is 391 g/mol. The summed E-state index contributed by atoms with van der Waals surface area (Å²) in [6, 6.07) is 0. The van der Waals surface area contributed by atoms with E-state index in [2.05, 4.69) is 13.8 Å². The summed E-state index contributed by atoms with van der Waals surface area (Å²) in [5, 5.41) is 10.6. The van der Waals surface area contributed by atoms with Crippen LogP contribution in [0.5, 0.6) is 0 Å². The minimum Gasteiger partial charge on any atom is -0.458 e. The van der Waals surface area contributed by atoms with Crippen molar-refractivity contribution in [2.75, 3.05) is 6.61 Å². The van der Waals surface area contributed by atoms with Crippen LogP contribution in [0.4, 0.5) is 0 Å². The first-order chi connectivity index (χ1) is 13.1. The van der Waals surface area contributed by atoms with Gasteiger partial charge in [-0.1, -0.05) is 13.8 Å². The molecule has 4 aliphatic carbocycles. The number of carbonyl (C=O) groups is 2. The molecule has 4 nitrogen and oxygen atoms in total. The lowest BCUT2D eigenvalue weighted by atomic mass is 9.44. The van der Waals surface area contributed by atoms with Crippen LogP contribution in [-0.2, 0) is 14.3 Å². The maximum absolute atomic E-state index is 12.8. The van der Waals surface area contributed by atoms with Gasteiger partial charge in [-0.05, 0) is 99.2 Å². The number of carbonyl (C=O) groups excluding carboxylic acids is 2. The Hall–Kier alpha value is -0.900. The molecule has 0 aromatic heterocycles. The third kappa shape index (κ3) is 3.14. The van der Waals surface area contributed by atoms with Crippen molar-refractivity contribution in [3.63, 3.8) is 0 Å². The van der Waals surface area contributed by atoms with Gasteiger partial charge in [-0.3, -0.25) is 9.59 Å². The van der Waals surface area contributed by atoms with Crippen molar-refractivity contribution in [3.8, 4) is 0 Å². The molecular weight excluding hydrogens is 352 g/mol. The molecule has 0 spiro atoms. The van der Waals surface area contributed by atoms with Crippen molar-refractivity contribution in [3.05, 3.63) is 0 Å². The van der Waals surface area contributed by atoms with Gasteiger partial charge in [-0.2, -0.15) is 0 Å². The molecule has 0 saturated heterocycles. The summed E-state index contributed by atoms with van der Waals surface area (Å²) in [5.74, 6) is 2.54. The van der Waals surface area contributed by atoms with Crippen molar-refractivity contribution < 1.29 is 19.4 Å². The molecule has 0 heterocycles. The highest BCUT2D eigenvalue weighted by Gasteiger charge is 2.61. The van der Waals surface area contributed by atoms with Gasteiger partial charge in [0.25, 0.3) is 0 Å². The van der Waals surface area contributed by atoms with E-state index in [1.54, 1.807) is 0 Å². The number of ketones is 1. The number of hydrogen-bond acceptors (Lipinski definition) is 4. The standard InChI is InChI=1S/C24H38O4/c1-15(25)28-14-21(26)20-8-7-18-17-6-5-16-13-22(2,27)11-12-23(16,3)19(17)9-10-24(18,20)4/h16-20,27H,5-14H2,1-4H3/t16-,17-,18-,19-,20+,22+,23-,24-/m0/s1. The molecule has 4 saturated carbocycles. The van der Waals surface area contributed by atoms with Gasteiger partial charge in [-0.25, -0.2) is 0 Å². The number of Topliss-reactive ketones (excluding diaryl/α,β-unsaturated/α-hetero) is 1. The molecule has 1 N–H and O–H groups in total. The van der Waals surface area contributed by atoms with Crippen molar-refractivity contribution >= 4 is 11.8 Å². The summed E-state index contributed by atoms with van der Waals surface area (Å²) in [4.78, 5) is 24.0. The highest BCUT2D eigenvalue weighted by atomic mass is 16.5. The Balaban J connectivity index is 1.52. The highest BCUT2D eigenvalue weighted by molar-refractivity contribution is 5.85. The normalized spacial score (nSPS) is 50.2. The van der Waals surface area contributed by atoms with E-state index in [9.17, 15) is 14.7 Å². The van der Waals surface area contributed by atoms with Crippen molar-refractivity contribution in [2.24, 2.45) is 40.4 Å². The molecule has 8 atom stereocenters. The van der Waals surface area contributed by atoms with E-state index >= 15 is 0 Å². The first kappa shape index (κ1) is 20.4. The van der Waals surface area contributed by atoms with E-state index in [4.69, 9.17) is 4.74 Å². The summed E-state index contributed by atoms with van der Waals surface area (Å²) < 4.78 is 5.04. The van der Waals surface area contributed by atoms with Crippen LogP contribution in [0, 0.1) is 40.4 Å². The molecule has 4 heteroatoms. The largest absolute Gasteiger partial charge is 0.458 e. The topological polar surface area (TPSA) is 63.6 Å². The van der Waals surface area contributed by atoms with E-state index in [0.29, 0.717) is 17.3 Å². The number of fused-ring (bicyclic) bond motifs is 5. The van der Waals surface area contributed by atoms with E-state index in [0.717, 1.165) is 50.4 Å². The van der Waals surface area contributed by atoms with Crippen molar-refractivity contribution in [2.45, 2.75) is 91.1 Å². The Kier molecular flexibility index (Phi) is 4.96. The molecule has 0 unspecified atom stereocenters. The number of hydrogen-bond donors (Lipinski definition) is 1. The van der Waals surface area contributed by atoms with E-state index in [1.807, 2.05) is 6.92 Å². The van der Waals surface area contributed by atoms with Crippen LogP contribution in [0.2, 0.25) is 0 Å². The predicted molar refractivity (Wildman–Crippen MR) is 107 cm³/mol. The summed E-state index contributed by atoms with van der Waals surface area (Å²) in [7, 11) is 0. The molecule has 0 aliphatic heterocycles. The molecular formula is C24H38O4. The van der Waals surface area contributed by atoms with E-state index in [1.165, 1.54) is 26.2 Å². The third-order valence-electron chi connectivity index (χ3n) is 9.76. The van der Waals surface area contributed by atoms with Gasteiger partial charge >= 0.3 is 5.97 Å². The van der Waals surface area contributed by atoms with Gasteiger partial charge < -0.3 is 9.84 Å². The van der Waals surface area contributed by atoms with Crippen LogP contribution in [0.25, 0.3) is 0 Å². The zero-order valence-electron chi connectivity index (χ0n) is 18.1. The number of esters is 1. The number of ether oxygens (including phenoxy) is 1. The van der Waals surface area contributed by atoms with Crippen LogP contribution in [0.1, 0.15) is 85.5 Å². The maximum atomic E-state index is 12.8. The zero-order chi connectivity index (χ0) is 20.3. The molecule has 0 bridgehead atoms. The maximum Gasteiger partial charge on any atom is 0.303 e. The molecule has 0 aromatic rings. The van der Waals surface area contributed by atoms with Crippen LogP contribution < -0.4 is 0 Å². The minimum absolute atomic E-state index is 0.0503. The lowest BCUT2D eigenvalue weighted by Crippen LogP contribution is -2.55. The second-order valence-electron chi connectivity index (χ2n) is 11.3. The fourth-order valence-electron chi connectivity index (χ4n) is 8.23. The Morgan fingerprint density at radius 2 is 1.64 bits per heavy atom. The minimum atomic E-state index is -0.484. The van der Waals surface area contributed by atoms with Crippen LogP contribution in [-0.4, -0.2) is 29.1 Å². The highest BCUT2D eigenvalue weighted by Crippen LogP contribution is 2.68. The SMILES string of the molecule is CC(=O)OCC(=O)[C@H]1CC[C@H]2[C@@H]3CC[C@H]4C[C@](C)(O)CC[C@]4(C)[C@H]3CC[C@]12C. The molecule has 0 amide bonds. The molecule has 4 aliphatic rings. The van der Waals surface area contributed by atoms with Gasteiger partial charge in [-0.15, -0.1) is 0 Å². The van der Waals surface area contributed by atoms with E-state index in [-0.39, 0.29) is 29.7 Å². The summed E-state index contributed by atoms with van der Waals surface area (Å²) in [5.41, 5.74) is -0.0597. The molecule has 158 valence electrons. The van der Waals surface area contributed by atoms with Crippen molar-refractivity contribution in [1.29, 1.82) is 0 Å². The van der Waals surface area contributed by atoms with Gasteiger partial charge in [0.05, 0.1) is 5.60 Å². The molecule has 0 radical (unpaired) electrons. The number of aliphatic hydroxyl groups is 1. The smallest absolute Gasteiger partial charge is 0.303 e. The zero-order valence-corrected chi connectivity index (χ0v) is 18.1. The quantitative estimate of drug-likeness (QED) is 0.719. The lowest BCUT2D eigenvalue weighted by Gasteiger charge is -2.61. The van der Waals surface area contributed by atoms with Gasteiger partial charge in [0.15, 0.2) is 5.78 Å². The Bertz CT molecular complexity index is 655. The van der Waals surface area contributed by atoms with Gasteiger partial charge in [0.1, 0.15) is 6.61 Å². The predicted octanol–water partition coefficient (Wildman–Crippen LogP) is 4.53. The lowest BCUT2D eigenvalue weighted by molar-refractivity contribution is -0.155. The summed E-state index contributed by atoms with van der Waals surface area (Å²) in [6.07, 6.45) is 9.94. The fourth-order valence-corrected chi connectivity index (χ4v) is 8.23. The van der Waals surface area contributed by atoms with Gasteiger partial charge in [0, 0.05) is 12.8 Å². The monoisotopic (exact) mass is 390 g/mol. The second kappa shape index (κ2) is 6.82. The Morgan fingerprint density at radius 1 is 0.929 bits per heavy atom. The second-order valence-corrected chi connectivity index (χ2v) is 11.3. The summed E-state index contributed by atoms with van der Waals surface area (Å²) >= 11 is 0. The fraction of sp³-hybridized carbons (Fsp3) is 0.917. The molecule has 4 rings (SSSR count). The first-order valence-electron chi connectivity index (χ1n) is 11.5. The summed E-state index contributed by atoms with van der Waals surface area (Å²) in [6.45, 7) is 8.19. The average Bonchev–Trinajstić information content (AvgIpc) is 2.97. The molecule has 0 aromatic carbocycles. The van der Waals surface area contributed by atoms with Crippen LogP contribution >= 0.6 is 0 Å². The Morgan fingerprint density at radius 3 is 2.36 bits per heavy atom. The van der Waals surface area contributed by atoms with Gasteiger partial charge in [0.2, 0.25) is 0 Å².